The van der Waals surface area contributed by atoms with Gasteiger partial charge in [-0.25, -0.2) is 4.79 Å². The molecule has 2 aromatic carbocycles. The van der Waals surface area contributed by atoms with E-state index < -0.39 is 5.97 Å². The number of anilines is 1. The van der Waals surface area contributed by atoms with Crippen LogP contribution in [-0.4, -0.2) is 11.9 Å². The van der Waals surface area contributed by atoms with Crippen LogP contribution < -0.4 is 5.32 Å². The molecule has 6 heteroatoms. The summed E-state index contributed by atoms with van der Waals surface area (Å²) in [5, 5.41) is 5.86. The van der Waals surface area contributed by atoms with Gasteiger partial charge >= 0.3 is 5.97 Å². The summed E-state index contributed by atoms with van der Waals surface area (Å²) in [5.41, 5.74) is 2.73. The van der Waals surface area contributed by atoms with E-state index in [2.05, 4.69) is 5.32 Å². The van der Waals surface area contributed by atoms with E-state index in [0.717, 1.165) is 21.2 Å². The highest BCUT2D eigenvalue weighted by Crippen LogP contribution is 2.26. The zero-order valence-corrected chi connectivity index (χ0v) is 15.9. The Kier molecular flexibility index (Phi) is 4.95. The number of thiophene rings is 1. The van der Waals surface area contributed by atoms with Crippen molar-refractivity contribution in [1.29, 1.82) is 0 Å². The van der Waals surface area contributed by atoms with Gasteiger partial charge < -0.3 is 14.5 Å². The second kappa shape index (κ2) is 7.70. The van der Waals surface area contributed by atoms with Gasteiger partial charge in [0, 0.05) is 16.0 Å². The summed E-state index contributed by atoms with van der Waals surface area (Å²) in [5.74, 6) is -0.608. The summed E-state index contributed by atoms with van der Waals surface area (Å²) in [4.78, 5) is 24.7. The molecule has 0 fully saturated rings. The molecule has 0 aliphatic heterocycles. The number of ether oxygens (including phenoxy) is 1. The molecule has 0 aliphatic carbocycles. The third kappa shape index (κ3) is 3.68. The van der Waals surface area contributed by atoms with Crippen molar-refractivity contribution < 1.29 is 18.7 Å². The molecule has 140 valence electrons. The number of benzene rings is 2. The van der Waals surface area contributed by atoms with Gasteiger partial charge in [-0.1, -0.05) is 24.3 Å². The molecule has 0 saturated heterocycles. The molecule has 0 radical (unpaired) electrons. The summed E-state index contributed by atoms with van der Waals surface area (Å²) in [6, 6.07) is 16.3. The van der Waals surface area contributed by atoms with Crippen LogP contribution in [0, 0.1) is 6.92 Å². The van der Waals surface area contributed by atoms with Crippen molar-refractivity contribution in [2.45, 2.75) is 13.5 Å². The number of carbonyl (C=O) groups excluding carboxylic acids is 2. The van der Waals surface area contributed by atoms with Crippen LogP contribution in [0.4, 0.5) is 5.69 Å². The van der Waals surface area contributed by atoms with Crippen LogP contribution in [0.5, 0.6) is 0 Å². The smallest absolute Gasteiger partial charge is 0.338 e. The van der Waals surface area contributed by atoms with Crippen molar-refractivity contribution in [2.24, 2.45) is 0 Å². The van der Waals surface area contributed by atoms with Gasteiger partial charge in [0.15, 0.2) is 5.76 Å². The van der Waals surface area contributed by atoms with Gasteiger partial charge in [0.1, 0.15) is 6.61 Å². The Balaban J connectivity index is 1.47. The quantitative estimate of drug-likeness (QED) is 0.462. The number of rotatable bonds is 5. The molecule has 2 heterocycles. The van der Waals surface area contributed by atoms with Crippen LogP contribution in [0.25, 0.3) is 10.1 Å². The highest BCUT2D eigenvalue weighted by Gasteiger charge is 2.14. The van der Waals surface area contributed by atoms with E-state index in [1.807, 2.05) is 36.6 Å². The van der Waals surface area contributed by atoms with Crippen LogP contribution in [0.15, 0.2) is 70.7 Å². The lowest BCUT2D eigenvalue weighted by Crippen LogP contribution is -2.13. The number of fused-ring (bicyclic) bond motifs is 1. The van der Waals surface area contributed by atoms with Crippen LogP contribution in [0.1, 0.15) is 32.0 Å². The Labute approximate surface area is 165 Å². The zero-order chi connectivity index (χ0) is 19.5. The Morgan fingerprint density at radius 3 is 2.79 bits per heavy atom. The molecule has 0 atom stereocenters. The Morgan fingerprint density at radius 1 is 1.11 bits per heavy atom. The Hall–Kier alpha value is -3.38. The fraction of sp³-hybridized carbons (Fsp3) is 0.0909. The van der Waals surface area contributed by atoms with Gasteiger partial charge in [-0.05, 0) is 53.6 Å². The molecular weight excluding hydrogens is 374 g/mol. The first kappa shape index (κ1) is 18.0. The molecule has 0 saturated carbocycles. The highest BCUT2D eigenvalue weighted by atomic mass is 32.1. The first-order valence-corrected chi connectivity index (χ1v) is 9.57. The minimum atomic E-state index is -0.441. The van der Waals surface area contributed by atoms with E-state index in [0.29, 0.717) is 11.3 Å². The maximum Gasteiger partial charge on any atom is 0.338 e. The number of nitrogens with one attached hydrogen (secondary N) is 1. The molecule has 4 rings (SSSR count). The number of aryl methyl sites for hydroxylation is 1. The SMILES string of the molecule is Cc1ccc(C(=O)OCc2csc3ccccc23)cc1NC(=O)c1ccco1. The number of carbonyl (C=O) groups is 2. The molecule has 4 aromatic rings. The average molecular weight is 391 g/mol. The number of furan rings is 1. The molecule has 2 aromatic heterocycles. The van der Waals surface area contributed by atoms with E-state index in [1.54, 1.807) is 41.7 Å². The summed E-state index contributed by atoms with van der Waals surface area (Å²) < 4.78 is 11.7. The predicted molar refractivity (Wildman–Crippen MR) is 109 cm³/mol. The highest BCUT2D eigenvalue weighted by molar-refractivity contribution is 7.17. The number of hydrogen-bond donors (Lipinski definition) is 1. The van der Waals surface area contributed by atoms with Crippen molar-refractivity contribution in [3.05, 3.63) is 88.7 Å². The molecule has 0 bridgehead atoms. The number of amides is 1. The van der Waals surface area contributed by atoms with Crippen LogP contribution in [0.2, 0.25) is 0 Å². The van der Waals surface area contributed by atoms with Gasteiger partial charge in [-0.3, -0.25) is 4.79 Å². The summed E-state index contributed by atoms with van der Waals surface area (Å²) in [6.45, 7) is 2.05. The van der Waals surface area contributed by atoms with Gasteiger partial charge in [-0.15, -0.1) is 11.3 Å². The monoisotopic (exact) mass is 391 g/mol. The van der Waals surface area contributed by atoms with Crippen LogP contribution in [0.3, 0.4) is 0 Å². The van der Waals surface area contributed by atoms with Crippen LogP contribution >= 0.6 is 11.3 Å². The first-order chi connectivity index (χ1) is 13.6. The van der Waals surface area contributed by atoms with E-state index >= 15 is 0 Å². The van der Waals surface area contributed by atoms with E-state index in [9.17, 15) is 9.59 Å². The molecule has 0 unspecified atom stereocenters. The second-order valence-corrected chi connectivity index (χ2v) is 7.21. The zero-order valence-electron chi connectivity index (χ0n) is 15.1. The number of esters is 1. The van der Waals surface area contributed by atoms with E-state index in [-0.39, 0.29) is 18.3 Å². The van der Waals surface area contributed by atoms with E-state index in [4.69, 9.17) is 9.15 Å². The van der Waals surface area contributed by atoms with Crippen molar-refractivity contribution in [2.75, 3.05) is 5.32 Å². The van der Waals surface area contributed by atoms with Crippen molar-refractivity contribution in [3.63, 3.8) is 0 Å². The lowest BCUT2D eigenvalue weighted by molar-refractivity contribution is 0.0474. The molecular formula is C22H17NO4S. The lowest BCUT2D eigenvalue weighted by Gasteiger charge is -2.10. The van der Waals surface area contributed by atoms with Crippen molar-refractivity contribution in [1.82, 2.24) is 0 Å². The molecule has 0 aliphatic rings. The minimum Gasteiger partial charge on any atom is -0.459 e. The molecule has 1 amide bonds. The standard InChI is InChI=1S/C22H17NO4S/c1-14-8-9-15(11-18(14)23-21(24)19-6-4-10-26-19)22(25)27-12-16-13-28-20-7-3-2-5-17(16)20/h2-11,13H,12H2,1H3,(H,23,24). The Morgan fingerprint density at radius 2 is 1.96 bits per heavy atom. The Bertz CT molecular complexity index is 1140. The summed E-state index contributed by atoms with van der Waals surface area (Å²) in [6.07, 6.45) is 1.43. The normalized spacial score (nSPS) is 10.8. The van der Waals surface area contributed by atoms with Crippen molar-refractivity contribution in [3.8, 4) is 0 Å². The van der Waals surface area contributed by atoms with Gasteiger partial charge in [0.05, 0.1) is 11.8 Å². The van der Waals surface area contributed by atoms with E-state index in [1.165, 1.54) is 6.26 Å². The predicted octanol–water partition coefficient (Wildman–Crippen LogP) is 5.41. The molecule has 28 heavy (non-hydrogen) atoms. The molecule has 0 spiro atoms. The third-order valence-electron chi connectivity index (χ3n) is 4.39. The first-order valence-electron chi connectivity index (χ1n) is 8.69. The van der Waals surface area contributed by atoms with Gasteiger partial charge in [0.2, 0.25) is 0 Å². The minimum absolute atomic E-state index is 0.199. The third-order valence-corrected chi connectivity index (χ3v) is 5.40. The van der Waals surface area contributed by atoms with Crippen LogP contribution in [-0.2, 0) is 11.3 Å². The summed E-state index contributed by atoms with van der Waals surface area (Å²) in [7, 11) is 0. The summed E-state index contributed by atoms with van der Waals surface area (Å²) >= 11 is 1.62. The van der Waals surface area contributed by atoms with Crippen molar-refractivity contribution >= 4 is 39.0 Å². The fourth-order valence-corrected chi connectivity index (χ4v) is 3.79. The maximum absolute atomic E-state index is 12.5. The number of hydrogen-bond acceptors (Lipinski definition) is 5. The lowest BCUT2D eigenvalue weighted by atomic mass is 10.1. The maximum atomic E-state index is 12.5. The van der Waals surface area contributed by atoms with Gasteiger partial charge in [-0.2, -0.15) is 0 Å². The average Bonchev–Trinajstić information content (AvgIpc) is 3.38. The fourth-order valence-electron chi connectivity index (χ4n) is 2.85. The molecule has 5 nitrogen and oxygen atoms in total. The largest absolute Gasteiger partial charge is 0.459 e. The topological polar surface area (TPSA) is 68.5 Å². The second-order valence-electron chi connectivity index (χ2n) is 6.29. The molecule has 1 N–H and O–H groups in total. The van der Waals surface area contributed by atoms with Gasteiger partial charge in [0.25, 0.3) is 5.91 Å².